The van der Waals surface area contributed by atoms with Gasteiger partial charge in [-0.25, -0.2) is 4.79 Å². The van der Waals surface area contributed by atoms with Gasteiger partial charge in [0.2, 0.25) is 0 Å². The van der Waals surface area contributed by atoms with Gasteiger partial charge in [-0.1, -0.05) is 6.07 Å². The van der Waals surface area contributed by atoms with Crippen LogP contribution in [0.5, 0.6) is 11.5 Å². The summed E-state index contributed by atoms with van der Waals surface area (Å²) in [5, 5.41) is 4.27. The molecule has 0 radical (unpaired) electrons. The number of ether oxygens (including phenoxy) is 3. The molecule has 2 N–H and O–H groups in total. The second-order valence-corrected chi connectivity index (χ2v) is 5.06. The van der Waals surface area contributed by atoms with Crippen molar-refractivity contribution in [1.29, 1.82) is 0 Å². The highest BCUT2D eigenvalue weighted by Crippen LogP contribution is 2.45. The highest BCUT2D eigenvalue weighted by molar-refractivity contribution is 5.98. The molecule has 2 heterocycles. The fourth-order valence-electron chi connectivity index (χ4n) is 2.83. The largest absolute Gasteiger partial charge is 0.493 e. The number of nitrogens with two attached hydrogens (primary N) is 1. The molecule has 1 aromatic carbocycles. The molecule has 0 aliphatic carbocycles. The van der Waals surface area contributed by atoms with Crippen LogP contribution in [-0.4, -0.2) is 30.0 Å². The van der Waals surface area contributed by atoms with E-state index >= 15 is 0 Å². The Labute approximate surface area is 127 Å². The molecule has 0 fully saturated rings. The molecule has 22 heavy (non-hydrogen) atoms. The SMILES string of the molecule is COc1ccc2c(c1OC)C(=O)OC2c1c(C)nn(C)c1N. The Bertz CT molecular complexity index is 767. The first-order valence-electron chi connectivity index (χ1n) is 6.74. The predicted octanol–water partition coefficient (Wildman–Crippen LogP) is 1.59. The van der Waals surface area contributed by atoms with Gasteiger partial charge in [0.25, 0.3) is 0 Å². The molecule has 1 atom stereocenters. The predicted molar refractivity (Wildman–Crippen MR) is 79.2 cm³/mol. The normalized spacial score (nSPS) is 16.4. The third kappa shape index (κ3) is 1.82. The maximum absolute atomic E-state index is 12.3. The number of hydrogen-bond donors (Lipinski definition) is 1. The van der Waals surface area contributed by atoms with Crippen molar-refractivity contribution in [2.45, 2.75) is 13.0 Å². The van der Waals surface area contributed by atoms with E-state index in [1.54, 1.807) is 23.9 Å². The second-order valence-electron chi connectivity index (χ2n) is 5.06. The molecule has 1 unspecified atom stereocenters. The zero-order valence-corrected chi connectivity index (χ0v) is 12.8. The summed E-state index contributed by atoms with van der Waals surface area (Å²) in [6.45, 7) is 1.83. The van der Waals surface area contributed by atoms with E-state index in [1.807, 2.05) is 6.92 Å². The number of hydrogen-bond acceptors (Lipinski definition) is 6. The van der Waals surface area contributed by atoms with E-state index in [9.17, 15) is 4.79 Å². The molecule has 116 valence electrons. The number of aryl methyl sites for hydroxylation is 2. The Morgan fingerprint density at radius 1 is 1.32 bits per heavy atom. The van der Waals surface area contributed by atoms with Crippen LogP contribution in [0.2, 0.25) is 0 Å². The van der Waals surface area contributed by atoms with Crippen molar-refractivity contribution in [2.24, 2.45) is 7.05 Å². The van der Waals surface area contributed by atoms with E-state index in [0.29, 0.717) is 34.0 Å². The van der Waals surface area contributed by atoms with Crippen LogP contribution in [-0.2, 0) is 11.8 Å². The second kappa shape index (κ2) is 4.94. The summed E-state index contributed by atoms with van der Waals surface area (Å²) in [6.07, 6.45) is -0.587. The highest BCUT2D eigenvalue weighted by atomic mass is 16.6. The number of carbonyl (C=O) groups is 1. The summed E-state index contributed by atoms with van der Waals surface area (Å²) in [5.74, 6) is 0.860. The molecule has 0 spiro atoms. The topological polar surface area (TPSA) is 88.6 Å². The lowest BCUT2D eigenvalue weighted by molar-refractivity contribution is 0.0454. The van der Waals surface area contributed by atoms with Gasteiger partial charge in [-0.2, -0.15) is 5.10 Å². The third-order valence-corrected chi connectivity index (χ3v) is 3.87. The van der Waals surface area contributed by atoms with Crippen LogP contribution in [0.25, 0.3) is 0 Å². The van der Waals surface area contributed by atoms with E-state index < -0.39 is 12.1 Å². The van der Waals surface area contributed by atoms with Crippen molar-refractivity contribution in [3.8, 4) is 11.5 Å². The quantitative estimate of drug-likeness (QED) is 0.866. The van der Waals surface area contributed by atoms with Crippen molar-refractivity contribution in [3.63, 3.8) is 0 Å². The van der Waals surface area contributed by atoms with Gasteiger partial charge in [-0.05, 0) is 13.0 Å². The number of cyclic esters (lactones) is 1. The smallest absolute Gasteiger partial charge is 0.343 e. The number of carbonyl (C=O) groups excluding carboxylic acids is 1. The van der Waals surface area contributed by atoms with E-state index in [0.717, 1.165) is 5.69 Å². The first-order chi connectivity index (χ1) is 10.5. The van der Waals surface area contributed by atoms with Crippen LogP contribution in [0.3, 0.4) is 0 Å². The number of fused-ring (bicyclic) bond motifs is 1. The van der Waals surface area contributed by atoms with Gasteiger partial charge in [0.15, 0.2) is 17.6 Å². The van der Waals surface area contributed by atoms with Gasteiger partial charge in [0, 0.05) is 12.6 Å². The van der Waals surface area contributed by atoms with Gasteiger partial charge in [-0.3, -0.25) is 4.68 Å². The van der Waals surface area contributed by atoms with Gasteiger partial charge < -0.3 is 19.9 Å². The lowest BCUT2D eigenvalue weighted by atomic mass is 9.98. The molecule has 7 heteroatoms. The number of aromatic nitrogens is 2. The molecule has 1 aliphatic heterocycles. The molecule has 0 saturated heterocycles. The lowest BCUT2D eigenvalue weighted by Gasteiger charge is -2.13. The summed E-state index contributed by atoms with van der Waals surface area (Å²) >= 11 is 0. The Morgan fingerprint density at radius 3 is 2.59 bits per heavy atom. The van der Waals surface area contributed by atoms with Crippen LogP contribution in [0.1, 0.15) is 33.3 Å². The van der Waals surface area contributed by atoms with Gasteiger partial charge in [0.1, 0.15) is 11.4 Å². The molecule has 1 aromatic heterocycles. The average Bonchev–Trinajstić information content (AvgIpc) is 2.95. The Hall–Kier alpha value is -2.70. The monoisotopic (exact) mass is 303 g/mol. The van der Waals surface area contributed by atoms with Gasteiger partial charge in [0.05, 0.1) is 25.5 Å². The van der Waals surface area contributed by atoms with Crippen LogP contribution >= 0.6 is 0 Å². The average molecular weight is 303 g/mol. The van der Waals surface area contributed by atoms with Crippen molar-refractivity contribution in [2.75, 3.05) is 20.0 Å². The fourth-order valence-corrected chi connectivity index (χ4v) is 2.83. The standard InChI is InChI=1S/C15H17N3O4/c1-7-10(14(16)18(2)17-7)12-8-5-6-9(20-3)13(21-4)11(8)15(19)22-12/h5-6,12H,16H2,1-4H3. The number of rotatable bonds is 3. The summed E-state index contributed by atoms with van der Waals surface area (Å²) in [4.78, 5) is 12.3. The Balaban J connectivity index is 2.21. The molecular formula is C15H17N3O4. The Kier molecular flexibility index (Phi) is 3.20. The number of methoxy groups -OCH3 is 2. The molecule has 7 nitrogen and oxygen atoms in total. The van der Waals surface area contributed by atoms with Crippen molar-refractivity contribution >= 4 is 11.8 Å². The highest BCUT2D eigenvalue weighted by Gasteiger charge is 2.39. The van der Waals surface area contributed by atoms with Crippen LogP contribution in [0.4, 0.5) is 5.82 Å². The summed E-state index contributed by atoms with van der Waals surface area (Å²) in [5.41, 5.74) is 8.55. The fraction of sp³-hybridized carbons (Fsp3) is 0.333. The molecule has 1 aliphatic rings. The minimum atomic E-state index is -0.587. The number of benzene rings is 1. The molecule has 3 rings (SSSR count). The zero-order chi connectivity index (χ0) is 16.0. The first-order valence-corrected chi connectivity index (χ1v) is 6.74. The van der Waals surface area contributed by atoms with Crippen molar-refractivity contribution in [1.82, 2.24) is 9.78 Å². The summed E-state index contributed by atoms with van der Waals surface area (Å²) < 4.78 is 17.6. The lowest BCUT2D eigenvalue weighted by Crippen LogP contribution is -2.06. The molecule has 2 aromatic rings. The van der Waals surface area contributed by atoms with E-state index in [2.05, 4.69) is 5.10 Å². The van der Waals surface area contributed by atoms with Crippen LogP contribution in [0.15, 0.2) is 12.1 Å². The van der Waals surface area contributed by atoms with Crippen LogP contribution < -0.4 is 15.2 Å². The molecule has 0 amide bonds. The maximum Gasteiger partial charge on any atom is 0.343 e. The molecular weight excluding hydrogens is 286 g/mol. The van der Waals surface area contributed by atoms with E-state index in [4.69, 9.17) is 19.9 Å². The molecule has 0 saturated carbocycles. The zero-order valence-electron chi connectivity index (χ0n) is 12.8. The van der Waals surface area contributed by atoms with Crippen LogP contribution in [0, 0.1) is 6.92 Å². The Morgan fingerprint density at radius 2 is 2.05 bits per heavy atom. The minimum Gasteiger partial charge on any atom is -0.493 e. The number of nitrogens with zero attached hydrogens (tertiary/aromatic N) is 2. The summed E-state index contributed by atoms with van der Waals surface area (Å²) in [6, 6.07) is 3.53. The van der Waals surface area contributed by atoms with Gasteiger partial charge in [-0.15, -0.1) is 0 Å². The molecule has 0 bridgehead atoms. The van der Waals surface area contributed by atoms with Crippen molar-refractivity contribution < 1.29 is 19.0 Å². The van der Waals surface area contributed by atoms with Crippen molar-refractivity contribution in [3.05, 3.63) is 34.5 Å². The van der Waals surface area contributed by atoms with Gasteiger partial charge >= 0.3 is 5.97 Å². The third-order valence-electron chi connectivity index (χ3n) is 3.87. The number of anilines is 1. The number of nitrogen functional groups attached to an aromatic ring is 1. The number of esters is 1. The van der Waals surface area contributed by atoms with E-state index in [1.165, 1.54) is 14.2 Å². The first kappa shape index (κ1) is 14.2. The minimum absolute atomic E-state index is 0.368. The maximum atomic E-state index is 12.3. The summed E-state index contributed by atoms with van der Waals surface area (Å²) in [7, 11) is 4.76. The van der Waals surface area contributed by atoms with E-state index in [-0.39, 0.29) is 0 Å².